The first-order valence-electron chi connectivity index (χ1n) is 3.73. The molecule has 0 spiro atoms. The Bertz CT molecular complexity index is 584. The number of primary sulfonamides is 1. The number of nitrogens with two attached hydrogens (primary N) is 1. The van der Waals surface area contributed by atoms with Crippen molar-refractivity contribution in [1.29, 1.82) is 0 Å². The first kappa shape index (κ1) is 9.04. The molecule has 14 heavy (non-hydrogen) atoms. The van der Waals surface area contributed by atoms with Gasteiger partial charge in [0.05, 0.1) is 5.39 Å². The van der Waals surface area contributed by atoms with Gasteiger partial charge in [-0.25, -0.2) is 13.6 Å². The Morgan fingerprint density at radius 3 is 2.50 bits per heavy atom. The number of hydrogen-bond acceptors (Lipinski definition) is 4. The highest BCUT2D eigenvalue weighted by Crippen LogP contribution is 2.33. The lowest BCUT2D eigenvalue weighted by Crippen LogP contribution is -2.11. The van der Waals surface area contributed by atoms with Gasteiger partial charge in [-0.15, -0.1) is 0 Å². The highest BCUT2D eigenvalue weighted by atomic mass is 32.2. The van der Waals surface area contributed by atoms with Gasteiger partial charge in [0, 0.05) is 0 Å². The molecular weight excluding hydrogens is 206 g/mol. The summed E-state index contributed by atoms with van der Waals surface area (Å²) in [6, 6.07) is 6.41. The monoisotopic (exact) mass is 213 g/mol. The number of para-hydroxylation sites is 1. The minimum Gasteiger partial charge on any atom is -0.503 e. The van der Waals surface area contributed by atoms with E-state index in [-0.39, 0.29) is 5.58 Å². The van der Waals surface area contributed by atoms with E-state index in [1.807, 2.05) is 0 Å². The van der Waals surface area contributed by atoms with Crippen molar-refractivity contribution in [2.24, 2.45) is 5.14 Å². The maximum Gasteiger partial charge on any atom is 0.276 e. The maximum absolute atomic E-state index is 10.9. The second-order valence-electron chi connectivity index (χ2n) is 2.78. The van der Waals surface area contributed by atoms with Gasteiger partial charge in [0.2, 0.25) is 0 Å². The van der Waals surface area contributed by atoms with E-state index >= 15 is 0 Å². The van der Waals surface area contributed by atoms with E-state index in [0.717, 1.165) is 0 Å². The third kappa shape index (κ3) is 1.24. The number of fused-ring (bicyclic) bond motifs is 1. The fourth-order valence-electron chi connectivity index (χ4n) is 1.20. The molecular formula is C8H7NO4S. The number of hydrogen-bond donors (Lipinski definition) is 2. The summed E-state index contributed by atoms with van der Waals surface area (Å²) in [4.78, 5) is 0. The van der Waals surface area contributed by atoms with Crippen molar-refractivity contribution >= 4 is 21.0 Å². The summed E-state index contributed by atoms with van der Waals surface area (Å²) in [7, 11) is -4.01. The van der Waals surface area contributed by atoms with Crippen molar-refractivity contribution < 1.29 is 17.9 Å². The van der Waals surface area contributed by atoms with E-state index < -0.39 is 20.9 Å². The average Bonchev–Trinajstić information content (AvgIpc) is 2.44. The lowest BCUT2D eigenvalue weighted by Gasteiger charge is -1.90. The molecule has 0 radical (unpaired) electrons. The summed E-state index contributed by atoms with van der Waals surface area (Å²) < 4.78 is 26.8. The van der Waals surface area contributed by atoms with Crippen LogP contribution in [0.2, 0.25) is 0 Å². The Morgan fingerprint density at radius 1 is 1.29 bits per heavy atom. The quantitative estimate of drug-likeness (QED) is 0.732. The van der Waals surface area contributed by atoms with Crippen molar-refractivity contribution in [2.75, 3.05) is 0 Å². The lowest BCUT2D eigenvalue weighted by atomic mass is 10.2. The highest BCUT2D eigenvalue weighted by molar-refractivity contribution is 7.89. The molecule has 2 rings (SSSR count). The zero-order valence-electron chi connectivity index (χ0n) is 6.97. The van der Waals surface area contributed by atoms with Crippen LogP contribution in [0.15, 0.2) is 33.8 Å². The van der Waals surface area contributed by atoms with Gasteiger partial charge in [-0.2, -0.15) is 0 Å². The first-order chi connectivity index (χ1) is 6.50. The van der Waals surface area contributed by atoms with Crippen molar-refractivity contribution in [3.8, 4) is 5.75 Å². The summed E-state index contributed by atoms with van der Waals surface area (Å²) in [5.74, 6) is -0.442. The molecule has 74 valence electrons. The largest absolute Gasteiger partial charge is 0.503 e. The van der Waals surface area contributed by atoms with E-state index in [1.54, 1.807) is 24.3 Å². The molecule has 0 aliphatic heterocycles. The Kier molecular flexibility index (Phi) is 1.76. The van der Waals surface area contributed by atoms with Gasteiger partial charge < -0.3 is 9.52 Å². The van der Waals surface area contributed by atoms with Gasteiger partial charge >= 0.3 is 0 Å². The fraction of sp³-hybridized carbons (Fsp3) is 0. The number of furan rings is 1. The first-order valence-corrected chi connectivity index (χ1v) is 5.28. The maximum atomic E-state index is 10.9. The summed E-state index contributed by atoms with van der Waals surface area (Å²) in [6.07, 6.45) is 0. The van der Waals surface area contributed by atoms with Gasteiger partial charge in [0.15, 0.2) is 5.75 Å². The minimum absolute atomic E-state index is 0.286. The van der Waals surface area contributed by atoms with Gasteiger partial charge in [-0.05, 0) is 12.1 Å². The summed E-state index contributed by atoms with van der Waals surface area (Å²) >= 11 is 0. The van der Waals surface area contributed by atoms with Crippen LogP contribution in [0.25, 0.3) is 11.0 Å². The molecule has 1 heterocycles. The smallest absolute Gasteiger partial charge is 0.276 e. The highest BCUT2D eigenvalue weighted by Gasteiger charge is 2.21. The molecule has 0 atom stereocenters. The summed E-state index contributed by atoms with van der Waals surface area (Å²) in [6.45, 7) is 0. The van der Waals surface area contributed by atoms with Crippen LogP contribution in [0, 0.1) is 0 Å². The van der Waals surface area contributed by atoms with E-state index in [9.17, 15) is 13.5 Å². The predicted molar refractivity (Wildman–Crippen MR) is 49.3 cm³/mol. The van der Waals surface area contributed by atoms with Crippen LogP contribution in [0.4, 0.5) is 0 Å². The molecule has 0 amide bonds. The Balaban J connectivity index is 2.89. The topological polar surface area (TPSA) is 93.5 Å². The van der Waals surface area contributed by atoms with Crippen LogP contribution in [0.3, 0.4) is 0 Å². The van der Waals surface area contributed by atoms with E-state index in [0.29, 0.717) is 5.39 Å². The number of aromatic hydroxyl groups is 1. The van der Waals surface area contributed by atoms with E-state index in [2.05, 4.69) is 0 Å². The lowest BCUT2D eigenvalue weighted by molar-refractivity contribution is 0.404. The SMILES string of the molecule is NS(=O)(=O)c1oc2ccccc2c1O. The van der Waals surface area contributed by atoms with Crippen molar-refractivity contribution in [1.82, 2.24) is 0 Å². The van der Waals surface area contributed by atoms with Crippen molar-refractivity contribution in [3.63, 3.8) is 0 Å². The van der Waals surface area contributed by atoms with Crippen molar-refractivity contribution in [3.05, 3.63) is 24.3 Å². The molecule has 2 aromatic rings. The second-order valence-corrected chi connectivity index (χ2v) is 4.24. The molecule has 0 saturated carbocycles. The molecule has 1 aromatic heterocycles. The molecule has 6 heteroatoms. The molecule has 0 fully saturated rings. The number of sulfonamides is 1. The zero-order chi connectivity index (χ0) is 10.3. The summed E-state index contributed by atoms with van der Waals surface area (Å²) in [5.41, 5.74) is 0.286. The number of rotatable bonds is 1. The molecule has 0 bridgehead atoms. The third-order valence-electron chi connectivity index (χ3n) is 1.80. The Hall–Kier alpha value is -1.53. The van der Waals surface area contributed by atoms with Gasteiger partial charge in [0.1, 0.15) is 5.58 Å². The van der Waals surface area contributed by atoms with Crippen LogP contribution in [0.5, 0.6) is 5.75 Å². The molecule has 0 unspecified atom stereocenters. The molecule has 0 aliphatic carbocycles. The molecule has 5 nitrogen and oxygen atoms in total. The van der Waals surface area contributed by atoms with Crippen LogP contribution in [0.1, 0.15) is 0 Å². The van der Waals surface area contributed by atoms with E-state index in [4.69, 9.17) is 9.56 Å². The predicted octanol–water partition coefficient (Wildman–Crippen LogP) is 0.786. The van der Waals surface area contributed by atoms with Gasteiger partial charge in [-0.1, -0.05) is 12.1 Å². The van der Waals surface area contributed by atoms with Crippen LogP contribution in [-0.4, -0.2) is 13.5 Å². The summed E-state index contributed by atoms with van der Waals surface area (Å²) in [5, 5.41) is 14.0. The van der Waals surface area contributed by atoms with Crippen molar-refractivity contribution in [2.45, 2.75) is 5.09 Å². The third-order valence-corrected chi connectivity index (χ3v) is 2.59. The van der Waals surface area contributed by atoms with Crippen LogP contribution < -0.4 is 5.14 Å². The number of benzene rings is 1. The standard InChI is InChI=1S/C8H7NO4S/c9-14(11,12)8-7(10)5-3-1-2-4-6(5)13-8/h1-4,10H,(H2,9,11,12). The van der Waals surface area contributed by atoms with Gasteiger partial charge in [-0.3, -0.25) is 0 Å². The zero-order valence-corrected chi connectivity index (χ0v) is 7.78. The fourth-order valence-corrected chi connectivity index (χ4v) is 1.79. The normalized spacial score (nSPS) is 12.1. The Labute approximate surface area is 79.8 Å². The van der Waals surface area contributed by atoms with Gasteiger partial charge in [0.25, 0.3) is 15.1 Å². The Morgan fingerprint density at radius 2 is 1.93 bits per heavy atom. The average molecular weight is 213 g/mol. The molecule has 3 N–H and O–H groups in total. The molecule has 0 saturated heterocycles. The molecule has 0 aliphatic rings. The minimum atomic E-state index is -4.01. The van der Waals surface area contributed by atoms with Crippen LogP contribution >= 0.6 is 0 Å². The van der Waals surface area contributed by atoms with Crippen LogP contribution in [-0.2, 0) is 10.0 Å². The second kappa shape index (κ2) is 2.73. The van der Waals surface area contributed by atoms with E-state index in [1.165, 1.54) is 0 Å². The molecule has 1 aromatic carbocycles.